The van der Waals surface area contributed by atoms with Gasteiger partial charge in [-0.3, -0.25) is 4.79 Å². The van der Waals surface area contributed by atoms with E-state index >= 15 is 0 Å². The van der Waals surface area contributed by atoms with Crippen LogP contribution in [-0.2, 0) is 28.5 Å². The third kappa shape index (κ3) is 6.10. The Morgan fingerprint density at radius 1 is 0.800 bits per heavy atom. The first-order chi connectivity index (χ1) is 16.5. The summed E-state index contributed by atoms with van der Waals surface area (Å²) in [6.45, 7) is 1.21. The summed E-state index contributed by atoms with van der Waals surface area (Å²) in [6.07, 6.45) is -18.8. The molecule has 0 aromatic heterocycles. The van der Waals surface area contributed by atoms with Crippen molar-refractivity contribution in [3.05, 3.63) is 0 Å². The molecule has 0 spiro atoms. The predicted octanol–water partition coefficient (Wildman–Crippen LogP) is -5.72. The Morgan fingerprint density at radius 3 is 1.91 bits per heavy atom. The average molecular weight is 513 g/mol. The molecule has 3 fully saturated rings. The first-order valence-electron chi connectivity index (χ1n) is 11.3. The number of ether oxygens (including phenoxy) is 5. The molecule has 9 N–H and O–H groups in total. The largest absolute Gasteiger partial charge is 0.394 e. The fraction of sp³-hybridized carbons (Fsp3) is 0.950. The number of carbonyl (C=O) groups is 1. The minimum absolute atomic E-state index is 0.159. The maximum Gasteiger partial charge on any atom is 0.217 e. The van der Waals surface area contributed by atoms with Crippen LogP contribution < -0.4 is 5.32 Å². The summed E-state index contributed by atoms with van der Waals surface area (Å²) in [7, 11) is 0. The highest BCUT2D eigenvalue weighted by atomic mass is 16.7. The van der Waals surface area contributed by atoms with Crippen LogP contribution in [0.2, 0.25) is 0 Å². The molecule has 0 saturated carbocycles. The van der Waals surface area contributed by atoms with E-state index in [9.17, 15) is 45.6 Å². The number of carbonyl (C=O) groups excluding carboxylic acids is 1. The summed E-state index contributed by atoms with van der Waals surface area (Å²) in [6, 6.07) is -0.930. The van der Waals surface area contributed by atoms with Gasteiger partial charge in [0.25, 0.3) is 0 Å². The topological polar surface area (TPSA) is 237 Å². The van der Waals surface area contributed by atoms with Crippen molar-refractivity contribution in [1.29, 1.82) is 0 Å². The molecule has 3 heterocycles. The van der Waals surface area contributed by atoms with E-state index in [-0.39, 0.29) is 6.61 Å². The zero-order valence-electron chi connectivity index (χ0n) is 19.2. The predicted molar refractivity (Wildman–Crippen MR) is 110 cm³/mol. The zero-order chi connectivity index (χ0) is 26.0. The first kappa shape index (κ1) is 28.5. The summed E-state index contributed by atoms with van der Waals surface area (Å²) in [4.78, 5) is 11.8. The second kappa shape index (κ2) is 12.0. The van der Waals surface area contributed by atoms with Crippen molar-refractivity contribution in [3.63, 3.8) is 0 Å². The van der Waals surface area contributed by atoms with E-state index in [1.807, 2.05) is 0 Å². The van der Waals surface area contributed by atoms with Crippen LogP contribution in [0.4, 0.5) is 0 Å². The van der Waals surface area contributed by atoms with E-state index < -0.39 is 105 Å². The molecular weight excluding hydrogens is 478 g/mol. The number of rotatable bonds is 7. The standard InChI is InChI=1S/C20H35NO14/c1-6-11(25)13(27)15(29)19(32-6)34-17-8(21-7(2)24)5-31-10(4-23)18(17)35-20-16(30)14(28)12(26)9(3-22)33-20/h6,8-20,22-23,25-30H,3-5H2,1-2H3,(H,21,24)/t6?,8?,9?,10?,11-,12+,13?,14?,15?,16?,17?,18+,19-,20-/m0/s1. The zero-order valence-corrected chi connectivity index (χ0v) is 19.2. The van der Waals surface area contributed by atoms with Gasteiger partial charge in [0.2, 0.25) is 5.91 Å². The van der Waals surface area contributed by atoms with E-state index in [0.717, 1.165) is 0 Å². The Labute approximate surface area is 200 Å². The smallest absolute Gasteiger partial charge is 0.217 e. The van der Waals surface area contributed by atoms with Gasteiger partial charge in [0, 0.05) is 6.92 Å². The van der Waals surface area contributed by atoms with Gasteiger partial charge in [0.1, 0.15) is 61.0 Å². The van der Waals surface area contributed by atoms with E-state index in [1.165, 1.54) is 13.8 Å². The second-order valence-electron chi connectivity index (χ2n) is 8.94. The molecule has 15 heteroatoms. The number of hydrogen-bond acceptors (Lipinski definition) is 14. The molecule has 0 radical (unpaired) electrons. The molecule has 0 aliphatic carbocycles. The van der Waals surface area contributed by atoms with Crippen molar-refractivity contribution in [2.45, 2.75) is 99.6 Å². The normalized spacial score (nSPS) is 49.0. The second-order valence-corrected chi connectivity index (χ2v) is 8.94. The van der Waals surface area contributed by atoms with Gasteiger partial charge in [-0.15, -0.1) is 0 Å². The van der Waals surface area contributed by atoms with Crippen LogP contribution in [0.25, 0.3) is 0 Å². The van der Waals surface area contributed by atoms with Crippen LogP contribution in [0.1, 0.15) is 13.8 Å². The van der Waals surface area contributed by atoms with Crippen LogP contribution in [0.3, 0.4) is 0 Å². The van der Waals surface area contributed by atoms with E-state index in [4.69, 9.17) is 23.7 Å². The fourth-order valence-electron chi connectivity index (χ4n) is 4.35. The molecule has 3 aliphatic heterocycles. The lowest BCUT2D eigenvalue weighted by molar-refractivity contribution is -0.356. The lowest BCUT2D eigenvalue weighted by Crippen LogP contribution is -2.67. The van der Waals surface area contributed by atoms with Crippen LogP contribution in [0.5, 0.6) is 0 Å². The minimum Gasteiger partial charge on any atom is -0.394 e. The van der Waals surface area contributed by atoms with Crippen molar-refractivity contribution in [2.24, 2.45) is 0 Å². The molecule has 9 unspecified atom stereocenters. The number of amides is 1. The molecule has 14 atom stereocenters. The van der Waals surface area contributed by atoms with Crippen LogP contribution >= 0.6 is 0 Å². The molecule has 0 bridgehead atoms. The molecule has 15 nitrogen and oxygen atoms in total. The summed E-state index contributed by atoms with van der Waals surface area (Å²) in [5.41, 5.74) is 0. The minimum atomic E-state index is -1.78. The van der Waals surface area contributed by atoms with Crippen molar-refractivity contribution in [3.8, 4) is 0 Å². The lowest BCUT2D eigenvalue weighted by Gasteiger charge is -2.48. The summed E-state index contributed by atoms with van der Waals surface area (Å²) in [5.74, 6) is -0.477. The summed E-state index contributed by atoms with van der Waals surface area (Å²) >= 11 is 0. The van der Waals surface area contributed by atoms with E-state index in [0.29, 0.717) is 0 Å². The van der Waals surface area contributed by atoms with Crippen LogP contribution in [-0.4, -0.2) is 152 Å². The van der Waals surface area contributed by atoms with Crippen molar-refractivity contribution < 1.29 is 69.3 Å². The number of aliphatic hydroxyl groups is 8. The molecule has 1 amide bonds. The Kier molecular flexibility index (Phi) is 9.78. The first-order valence-corrected chi connectivity index (χ1v) is 11.3. The van der Waals surface area contributed by atoms with E-state index in [1.54, 1.807) is 0 Å². The van der Waals surface area contributed by atoms with Crippen LogP contribution in [0.15, 0.2) is 0 Å². The number of nitrogens with one attached hydrogen (secondary N) is 1. The highest BCUT2D eigenvalue weighted by Gasteiger charge is 2.51. The Balaban J connectivity index is 1.88. The molecule has 3 saturated heterocycles. The molecule has 0 aromatic rings. The monoisotopic (exact) mass is 513 g/mol. The molecule has 3 aliphatic rings. The third-order valence-electron chi connectivity index (χ3n) is 6.38. The maximum absolute atomic E-state index is 11.8. The summed E-state index contributed by atoms with van der Waals surface area (Å²) < 4.78 is 28.2. The third-order valence-corrected chi connectivity index (χ3v) is 6.38. The van der Waals surface area contributed by atoms with Crippen molar-refractivity contribution >= 4 is 5.91 Å². The van der Waals surface area contributed by atoms with Gasteiger partial charge in [-0.05, 0) is 6.92 Å². The van der Waals surface area contributed by atoms with Gasteiger partial charge < -0.3 is 69.9 Å². The lowest BCUT2D eigenvalue weighted by atomic mass is 9.95. The SMILES string of the molecule is CC(=O)NC1COC(CO)[C@@H](O[C@@H]2OC(CO)[C@@H](O)C(O)C2O)C1O[C@@H]1OC(C)[C@H](O)C(O)C1O. The van der Waals surface area contributed by atoms with Gasteiger partial charge in [0.15, 0.2) is 12.6 Å². The highest BCUT2D eigenvalue weighted by molar-refractivity contribution is 5.73. The van der Waals surface area contributed by atoms with Gasteiger partial charge in [-0.25, -0.2) is 0 Å². The highest BCUT2D eigenvalue weighted by Crippen LogP contribution is 2.31. The summed E-state index contributed by atoms with van der Waals surface area (Å²) in [5, 5.41) is 82.9. The Morgan fingerprint density at radius 2 is 1.34 bits per heavy atom. The fourth-order valence-corrected chi connectivity index (χ4v) is 4.35. The Bertz CT molecular complexity index is 699. The van der Waals surface area contributed by atoms with Crippen LogP contribution in [0, 0.1) is 0 Å². The van der Waals surface area contributed by atoms with Crippen molar-refractivity contribution in [1.82, 2.24) is 5.32 Å². The average Bonchev–Trinajstić information content (AvgIpc) is 2.82. The molecule has 0 aromatic carbocycles. The van der Waals surface area contributed by atoms with Crippen molar-refractivity contribution in [2.75, 3.05) is 19.8 Å². The van der Waals surface area contributed by atoms with Gasteiger partial charge in [0.05, 0.1) is 32.0 Å². The van der Waals surface area contributed by atoms with Gasteiger partial charge >= 0.3 is 0 Å². The van der Waals surface area contributed by atoms with Gasteiger partial charge in [-0.2, -0.15) is 0 Å². The van der Waals surface area contributed by atoms with Gasteiger partial charge in [-0.1, -0.05) is 0 Å². The molecule has 35 heavy (non-hydrogen) atoms. The molecule has 204 valence electrons. The quantitative estimate of drug-likeness (QED) is 0.154. The molecule has 3 rings (SSSR count). The molecular formula is C20H35NO14. The van der Waals surface area contributed by atoms with E-state index in [2.05, 4.69) is 5.32 Å². The Hall–Kier alpha value is -1.05. The number of hydrogen-bond donors (Lipinski definition) is 9. The number of aliphatic hydroxyl groups excluding tert-OH is 8. The maximum atomic E-state index is 11.8.